The van der Waals surface area contributed by atoms with E-state index in [1.165, 1.54) is 5.56 Å². The van der Waals surface area contributed by atoms with Crippen LogP contribution in [0.25, 0.3) is 0 Å². The molecule has 88 valence electrons. The van der Waals surface area contributed by atoms with Crippen LogP contribution in [0.15, 0.2) is 24.3 Å². The lowest BCUT2D eigenvalue weighted by atomic mass is 10.0. The van der Waals surface area contributed by atoms with Crippen molar-refractivity contribution in [2.45, 2.75) is 26.5 Å². The molecular formula is C12H19N3O. The second kappa shape index (κ2) is 5.30. The molecule has 0 saturated carbocycles. The fourth-order valence-corrected chi connectivity index (χ4v) is 1.74. The lowest BCUT2D eigenvalue weighted by Crippen LogP contribution is -2.36. The third kappa shape index (κ3) is 3.20. The third-order valence-electron chi connectivity index (χ3n) is 2.45. The van der Waals surface area contributed by atoms with Gasteiger partial charge in [0.15, 0.2) is 6.23 Å². The summed E-state index contributed by atoms with van der Waals surface area (Å²) >= 11 is 0. The van der Waals surface area contributed by atoms with Gasteiger partial charge in [0.25, 0.3) is 0 Å². The number of hydrogen-bond donors (Lipinski definition) is 3. The summed E-state index contributed by atoms with van der Waals surface area (Å²) in [5.41, 5.74) is 10.1. The van der Waals surface area contributed by atoms with Gasteiger partial charge in [0, 0.05) is 0 Å². The van der Waals surface area contributed by atoms with Crippen molar-refractivity contribution >= 4 is 0 Å². The number of rotatable bonds is 4. The molecule has 4 heteroatoms. The number of benzene rings is 1. The predicted molar refractivity (Wildman–Crippen MR) is 63.7 cm³/mol. The Labute approximate surface area is 96.3 Å². The second-order valence-electron chi connectivity index (χ2n) is 4.50. The first-order chi connectivity index (χ1) is 7.74. The summed E-state index contributed by atoms with van der Waals surface area (Å²) in [6, 6.07) is 8.31. The maximum atomic E-state index is 5.70. The largest absolute Gasteiger partial charge is 0.473 e. The van der Waals surface area contributed by atoms with E-state index in [-0.39, 0.29) is 6.23 Å². The van der Waals surface area contributed by atoms with Gasteiger partial charge in [-0.05, 0) is 30.0 Å². The van der Waals surface area contributed by atoms with Gasteiger partial charge in [-0.25, -0.2) is 10.9 Å². The van der Waals surface area contributed by atoms with Crippen LogP contribution in [0.3, 0.4) is 0 Å². The molecule has 0 amide bonds. The lowest BCUT2D eigenvalue weighted by Gasteiger charge is -2.12. The number of hydrazine groups is 2. The highest BCUT2D eigenvalue weighted by molar-refractivity contribution is 5.27. The van der Waals surface area contributed by atoms with E-state index in [0.717, 1.165) is 18.7 Å². The number of nitrogens with one attached hydrogen (secondary N) is 3. The summed E-state index contributed by atoms with van der Waals surface area (Å²) in [6.07, 6.45) is 1.11. The first-order valence-corrected chi connectivity index (χ1v) is 5.73. The van der Waals surface area contributed by atoms with Gasteiger partial charge in [-0.1, -0.05) is 26.0 Å². The topological polar surface area (TPSA) is 45.3 Å². The van der Waals surface area contributed by atoms with E-state index < -0.39 is 0 Å². The molecule has 1 unspecified atom stereocenters. The van der Waals surface area contributed by atoms with Gasteiger partial charge in [-0.3, -0.25) is 0 Å². The molecule has 1 fully saturated rings. The average molecular weight is 221 g/mol. The van der Waals surface area contributed by atoms with E-state index in [9.17, 15) is 0 Å². The smallest absolute Gasteiger partial charge is 0.177 e. The molecule has 0 aromatic heterocycles. The highest BCUT2D eigenvalue weighted by atomic mass is 16.5. The molecule has 3 N–H and O–H groups in total. The van der Waals surface area contributed by atoms with E-state index in [0.29, 0.717) is 5.92 Å². The van der Waals surface area contributed by atoms with Gasteiger partial charge in [-0.2, -0.15) is 5.53 Å². The molecular weight excluding hydrogens is 202 g/mol. The van der Waals surface area contributed by atoms with Crippen LogP contribution in [-0.2, 0) is 6.42 Å². The highest BCUT2D eigenvalue weighted by Crippen LogP contribution is 2.15. The molecule has 1 aliphatic heterocycles. The summed E-state index contributed by atoms with van der Waals surface area (Å²) in [6.45, 7) is 5.21. The number of ether oxygens (including phenoxy) is 1. The first-order valence-electron chi connectivity index (χ1n) is 5.73. The van der Waals surface area contributed by atoms with E-state index in [2.05, 4.69) is 42.4 Å². The molecule has 16 heavy (non-hydrogen) atoms. The van der Waals surface area contributed by atoms with Crippen molar-refractivity contribution in [1.29, 1.82) is 0 Å². The van der Waals surface area contributed by atoms with Gasteiger partial charge >= 0.3 is 0 Å². The monoisotopic (exact) mass is 221 g/mol. The highest BCUT2D eigenvalue weighted by Gasteiger charge is 2.14. The van der Waals surface area contributed by atoms with E-state index in [4.69, 9.17) is 4.74 Å². The minimum absolute atomic E-state index is 0.00375. The third-order valence-corrected chi connectivity index (χ3v) is 2.45. The summed E-state index contributed by atoms with van der Waals surface area (Å²) < 4.78 is 5.70. The molecule has 2 rings (SSSR count). The van der Waals surface area contributed by atoms with Crippen molar-refractivity contribution in [2.75, 3.05) is 6.54 Å². The Morgan fingerprint density at radius 1 is 1.31 bits per heavy atom. The normalized spacial score (nSPS) is 20.3. The standard InChI is InChI=1S/C12H19N3O/c1-9(2)7-10-3-5-11(6-4-10)16-12-8-13-15-14-12/h3-6,9,12-15H,7-8H2,1-2H3. The zero-order valence-electron chi connectivity index (χ0n) is 9.79. The summed E-state index contributed by atoms with van der Waals surface area (Å²) in [5.74, 6) is 1.59. The lowest BCUT2D eigenvalue weighted by molar-refractivity contribution is 0.191. The Morgan fingerprint density at radius 2 is 2.06 bits per heavy atom. The van der Waals surface area contributed by atoms with Crippen molar-refractivity contribution in [3.8, 4) is 5.75 Å². The van der Waals surface area contributed by atoms with Crippen LogP contribution in [-0.4, -0.2) is 12.8 Å². The van der Waals surface area contributed by atoms with Crippen molar-refractivity contribution in [3.63, 3.8) is 0 Å². The van der Waals surface area contributed by atoms with E-state index >= 15 is 0 Å². The fraction of sp³-hybridized carbons (Fsp3) is 0.500. The quantitative estimate of drug-likeness (QED) is 0.715. The predicted octanol–water partition coefficient (Wildman–Crippen LogP) is 1.20. The van der Waals surface area contributed by atoms with Crippen LogP contribution in [0.5, 0.6) is 5.75 Å². The van der Waals surface area contributed by atoms with Crippen LogP contribution in [0.1, 0.15) is 19.4 Å². The average Bonchev–Trinajstić information content (AvgIpc) is 2.73. The van der Waals surface area contributed by atoms with E-state index in [1.807, 2.05) is 12.1 Å². The van der Waals surface area contributed by atoms with Crippen molar-refractivity contribution in [1.82, 2.24) is 16.4 Å². The van der Waals surface area contributed by atoms with Crippen molar-refractivity contribution in [2.24, 2.45) is 5.92 Å². The summed E-state index contributed by atoms with van der Waals surface area (Å²) in [5, 5.41) is 0. The van der Waals surface area contributed by atoms with Crippen LogP contribution >= 0.6 is 0 Å². The fourth-order valence-electron chi connectivity index (χ4n) is 1.74. The Bertz CT molecular complexity index is 318. The van der Waals surface area contributed by atoms with Gasteiger partial charge in [0.2, 0.25) is 0 Å². The van der Waals surface area contributed by atoms with Crippen LogP contribution in [0.2, 0.25) is 0 Å². The summed E-state index contributed by atoms with van der Waals surface area (Å²) in [4.78, 5) is 0. The Hall–Kier alpha value is -1.10. The Balaban J connectivity index is 1.90. The Morgan fingerprint density at radius 3 is 2.62 bits per heavy atom. The van der Waals surface area contributed by atoms with Gasteiger partial charge in [0.05, 0.1) is 6.54 Å². The molecule has 1 aromatic carbocycles. The Kier molecular flexibility index (Phi) is 3.77. The van der Waals surface area contributed by atoms with Gasteiger partial charge in [0.1, 0.15) is 5.75 Å². The molecule has 1 heterocycles. The van der Waals surface area contributed by atoms with Crippen LogP contribution < -0.4 is 21.1 Å². The molecule has 1 saturated heterocycles. The van der Waals surface area contributed by atoms with Crippen molar-refractivity contribution in [3.05, 3.63) is 29.8 Å². The minimum atomic E-state index is -0.00375. The van der Waals surface area contributed by atoms with Gasteiger partial charge < -0.3 is 4.74 Å². The molecule has 1 aliphatic rings. The molecule has 4 nitrogen and oxygen atoms in total. The zero-order chi connectivity index (χ0) is 11.4. The molecule has 0 aliphatic carbocycles. The number of hydrogen-bond acceptors (Lipinski definition) is 4. The second-order valence-corrected chi connectivity index (χ2v) is 4.50. The molecule has 0 bridgehead atoms. The molecule has 1 atom stereocenters. The van der Waals surface area contributed by atoms with Crippen LogP contribution in [0.4, 0.5) is 0 Å². The van der Waals surface area contributed by atoms with E-state index in [1.54, 1.807) is 0 Å². The maximum absolute atomic E-state index is 5.70. The first kappa shape index (κ1) is 11.4. The zero-order valence-corrected chi connectivity index (χ0v) is 9.79. The molecule has 1 aromatic rings. The van der Waals surface area contributed by atoms with Crippen LogP contribution in [0, 0.1) is 5.92 Å². The van der Waals surface area contributed by atoms with Crippen molar-refractivity contribution < 1.29 is 4.74 Å². The minimum Gasteiger partial charge on any atom is -0.473 e. The van der Waals surface area contributed by atoms with Gasteiger partial charge in [-0.15, -0.1) is 0 Å². The molecule has 0 radical (unpaired) electrons. The maximum Gasteiger partial charge on any atom is 0.177 e. The molecule has 0 spiro atoms. The SMILES string of the molecule is CC(C)Cc1ccc(OC2CNNN2)cc1. The summed E-state index contributed by atoms with van der Waals surface area (Å²) in [7, 11) is 0.